The molecule has 1 atom stereocenters. The lowest BCUT2D eigenvalue weighted by Gasteiger charge is -2.15. The largest absolute Gasteiger partial charge is 0.388 e. The number of hydrogen-bond acceptors (Lipinski definition) is 4. The van der Waals surface area contributed by atoms with Gasteiger partial charge in [-0.3, -0.25) is 14.6 Å². The molecule has 1 N–H and O–H groups in total. The van der Waals surface area contributed by atoms with Crippen LogP contribution in [-0.2, 0) is 13.1 Å². The molecule has 1 fully saturated rings. The van der Waals surface area contributed by atoms with E-state index in [1.807, 2.05) is 17.9 Å². The summed E-state index contributed by atoms with van der Waals surface area (Å²) >= 11 is 0. The fourth-order valence-corrected chi connectivity index (χ4v) is 3.18. The van der Waals surface area contributed by atoms with Crippen molar-refractivity contribution in [3.8, 4) is 0 Å². The van der Waals surface area contributed by atoms with Gasteiger partial charge in [0.1, 0.15) is 0 Å². The van der Waals surface area contributed by atoms with E-state index in [0.29, 0.717) is 5.92 Å². The number of rotatable bonds is 5. The molecule has 2 aromatic rings. The van der Waals surface area contributed by atoms with Gasteiger partial charge in [0.05, 0.1) is 6.20 Å². The molecule has 0 bridgehead atoms. The molecule has 0 spiro atoms. The zero-order valence-corrected chi connectivity index (χ0v) is 13.7. The van der Waals surface area contributed by atoms with Crippen LogP contribution in [-0.4, -0.2) is 39.8 Å². The van der Waals surface area contributed by atoms with E-state index in [2.05, 4.69) is 47.5 Å². The molecule has 5 heteroatoms. The van der Waals surface area contributed by atoms with Gasteiger partial charge < -0.3 is 5.32 Å². The minimum Gasteiger partial charge on any atom is -0.388 e. The van der Waals surface area contributed by atoms with Gasteiger partial charge in [-0.1, -0.05) is 0 Å². The van der Waals surface area contributed by atoms with E-state index < -0.39 is 0 Å². The van der Waals surface area contributed by atoms with E-state index in [4.69, 9.17) is 4.98 Å². The molecule has 5 nitrogen and oxygen atoms in total. The van der Waals surface area contributed by atoms with Crippen LogP contribution in [0.1, 0.15) is 36.2 Å². The van der Waals surface area contributed by atoms with Gasteiger partial charge in [-0.15, -0.1) is 0 Å². The Labute approximate surface area is 132 Å². The Balaban J connectivity index is 1.65. The second-order valence-corrected chi connectivity index (χ2v) is 6.10. The summed E-state index contributed by atoms with van der Waals surface area (Å²) in [6.45, 7) is 8.31. The van der Waals surface area contributed by atoms with Gasteiger partial charge in [-0.05, 0) is 38.9 Å². The lowest BCUT2D eigenvalue weighted by molar-refractivity contribution is 0.326. The first kappa shape index (κ1) is 15.0. The second-order valence-electron chi connectivity index (χ2n) is 6.10. The van der Waals surface area contributed by atoms with Gasteiger partial charge in [0, 0.05) is 61.4 Å². The molecule has 0 unspecified atom stereocenters. The lowest BCUT2D eigenvalue weighted by atomic mass is 10.0. The van der Waals surface area contributed by atoms with Crippen molar-refractivity contribution in [2.24, 2.45) is 0 Å². The van der Waals surface area contributed by atoms with Gasteiger partial charge >= 0.3 is 0 Å². The minimum atomic E-state index is 0.535. The Hall–Kier alpha value is -1.88. The normalized spacial score (nSPS) is 18.8. The number of pyridine rings is 1. The average Bonchev–Trinajstić information content (AvgIpc) is 3.16. The molecule has 2 aromatic heterocycles. The molecule has 0 aliphatic carbocycles. The van der Waals surface area contributed by atoms with E-state index in [9.17, 15) is 0 Å². The Kier molecular flexibility index (Phi) is 4.43. The molecule has 0 amide bonds. The maximum atomic E-state index is 4.74. The average molecular weight is 299 g/mol. The Morgan fingerprint density at radius 1 is 1.36 bits per heavy atom. The number of aromatic nitrogens is 3. The van der Waals surface area contributed by atoms with Gasteiger partial charge in [-0.25, -0.2) is 0 Å². The molecular weight excluding hydrogens is 274 g/mol. The van der Waals surface area contributed by atoms with E-state index in [1.54, 1.807) is 0 Å². The van der Waals surface area contributed by atoms with Crippen LogP contribution < -0.4 is 5.32 Å². The van der Waals surface area contributed by atoms with Crippen molar-refractivity contribution >= 4 is 5.69 Å². The van der Waals surface area contributed by atoms with Crippen molar-refractivity contribution in [1.82, 2.24) is 19.7 Å². The summed E-state index contributed by atoms with van der Waals surface area (Å²) in [6.07, 6.45) is 5.32. The van der Waals surface area contributed by atoms with E-state index in [0.717, 1.165) is 37.6 Å². The summed E-state index contributed by atoms with van der Waals surface area (Å²) in [5.41, 5.74) is 4.77. The van der Waals surface area contributed by atoms with Gasteiger partial charge in [0.25, 0.3) is 0 Å². The first-order valence-electron chi connectivity index (χ1n) is 8.08. The van der Waals surface area contributed by atoms with E-state index in [-0.39, 0.29) is 0 Å². The summed E-state index contributed by atoms with van der Waals surface area (Å²) in [7, 11) is 1.96. The molecule has 0 aromatic carbocycles. The third-order valence-corrected chi connectivity index (χ3v) is 4.37. The number of aryl methyl sites for hydroxylation is 2. The molecule has 22 heavy (non-hydrogen) atoms. The fourth-order valence-electron chi connectivity index (χ4n) is 3.18. The highest BCUT2D eigenvalue weighted by Gasteiger charge is 2.25. The van der Waals surface area contributed by atoms with Crippen molar-refractivity contribution in [3.05, 3.63) is 41.5 Å². The SMILES string of the molecule is CCn1cc(CN2CC[C@@H](c3cc(NC)cc(C)n3)C2)cn1. The first-order chi connectivity index (χ1) is 10.7. The van der Waals surface area contributed by atoms with Crippen LogP contribution in [0.4, 0.5) is 5.69 Å². The molecular formula is C17H25N5. The highest BCUT2D eigenvalue weighted by atomic mass is 15.3. The van der Waals surface area contributed by atoms with Crippen LogP contribution in [0.25, 0.3) is 0 Å². The summed E-state index contributed by atoms with van der Waals surface area (Å²) in [6, 6.07) is 4.28. The van der Waals surface area contributed by atoms with E-state index >= 15 is 0 Å². The monoisotopic (exact) mass is 299 g/mol. The molecule has 118 valence electrons. The molecule has 0 saturated carbocycles. The number of nitrogens with zero attached hydrogens (tertiary/aromatic N) is 4. The van der Waals surface area contributed by atoms with Crippen LogP contribution in [0.15, 0.2) is 24.5 Å². The first-order valence-corrected chi connectivity index (χ1v) is 8.08. The summed E-state index contributed by atoms with van der Waals surface area (Å²) in [5, 5.41) is 7.58. The number of hydrogen-bond donors (Lipinski definition) is 1. The highest BCUT2D eigenvalue weighted by molar-refractivity contribution is 5.45. The third-order valence-electron chi connectivity index (χ3n) is 4.37. The van der Waals surface area contributed by atoms with Gasteiger partial charge in [0.2, 0.25) is 0 Å². The fraction of sp³-hybridized carbons (Fsp3) is 0.529. The summed E-state index contributed by atoms with van der Waals surface area (Å²) in [5.74, 6) is 0.535. The quantitative estimate of drug-likeness (QED) is 0.922. The molecule has 1 saturated heterocycles. The predicted octanol–water partition coefficient (Wildman–Crippen LogP) is 2.64. The number of anilines is 1. The van der Waals surface area contributed by atoms with Crippen LogP contribution in [0.3, 0.4) is 0 Å². The van der Waals surface area contributed by atoms with Gasteiger partial charge in [-0.2, -0.15) is 5.10 Å². The topological polar surface area (TPSA) is 46.0 Å². The summed E-state index contributed by atoms with van der Waals surface area (Å²) < 4.78 is 1.99. The van der Waals surface area contributed by atoms with Crippen LogP contribution >= 0.6 is 0 Å². The molecule has 0 radical (unpaired) electrons. The van der Waals surface area contributed by atoms with Crippen LogP contribution in [0.2, 0.25) is 0 Å². The summed E-state index contributed by atoms with van der Waals surface area (Å²) in [4.78, 5) is 7.24. The Morgan fingerprint density at radius 2 is 2.23 bits per heavy atom. The lowest BCUT2D eigenvalue weighted by Crippen LogP contribution is -2.19. The van der Waals surface area contributed by atoms with Crippen LogP contribution in [0, 0.1) is 6.92 Å². The zero-order chi connectivity index (χ0) is 15.5. The maximum absolute atomic E-state index is 4.74. The number of likely N-dealkylation sites (tertiary alicyclic amines) is 1. The Bertz CT molecular complexity index is 634. The van der Waals surface area contributed by atoms with Crippen molar-refractivity contribution in [3.63, 3.8) is 0 Å². The minimum absolute atomic E-state index is 0.535. The maximum Gasteiger partial charge on any atom is 0.0534 e. The smallest absolute Gasteiger partial charge is 0.0534 e. The third kappa shape index (κ3) is 3.30. The predicted molar refractivity (Wildman–Crippen MR) is 89.1 cm³/mol. The zero-order valence-electron chi connectivity index (χ0n) is 13.7. The molecule has 3 rings (SSSR count). The standard InChI is InChI=1S/C17H25N5/c1-4-22-11-14(9-19-22)10-21-6-5-15(12-21)17-8-16(18-3)7-13(2)20-17/h7-9,11,15H,4-6,10,12H2,1-3H3,(H,18,20)/t15-/m1/s1. The second kappa shape index (κ2) is 6.48. The van der Waals surface area contributed by atoms with E-state index in [1.165, 1.54) is 17.7 Å². The number of nitrogens with one attached hydrogen (secondary N) is 1. The van der Waals surface area contributed by atoms with Crippen LogP contribution in [0.5, 0.6) is 0 Å². The molecule has 3 heterocycles. The molecule has 1 aliphatic heterocycles. The van der Waals surface area contributed by atoms with Crippen molar-refractivity contribution in [1.29, 1.82) is 0 Å². The van der Waals surface area contributed by atoms with Crippen molar-refractivity contribution < 1.29 is 0 Å². The van der Waals surface area contributed by atoms with Crippen molar-refractivity contribution in [2.45, 2.75) is 39.3 Å². The highest BCUT2D eigenvalue weighted by Crippen LogP contribution is 2.28. The molecule has 1 aliphatic rings. The van der Waals surface area contributed by atoms with Crippen molar-refractivity contribution in [2.75, 3.05) is 25.5 Å². The van der Waals surface area contributed by atoms with Gasteiger partial charge in [0.15, 0.2) is 0 Å². The Morgan fingerprint density at radius 3 is 2.95 bits per heavy atom.